The summed E-state index contributed by atoms with van der Waals surface area (Å²) >= 11 is 0. The number of nitrogens with two attached hydrogens (primary N) is 1. The summed E-state index contributed by atoms with van der Waals surface area (Å²) in [6.07, 6.45) is -4.83. The second-order valence-corrected chi connectivity index (χ2v) is 4.49. The molecule has 0 aliphatic heterocycles. The number of nitro groups is 1. The number of non-ortho nitro benzene ring substituents is 1. The monoisotopic (exact) mass is 341 g/mol. The number of benzene rings is 2. The Morgan fingerprint density at radius 3 is 1.88 bits per heavy atom. The van der Waals surface area contributed by atoms with E-state index >= 15 is 0 Å². The SMILES string of the molecule is NC(=O)N(c1ccc(OC(F)(F)F)cc1)c1ccc([N+](=O)[O-])cc1. The summed E-state index contributed by atoms with van der Waals surface area (Å²) in [5, 5.41) is 10.6. The van der Waals surface area contributed by atoms with Crippen molar-refractivity contribution in [1.82, 2.24) is 0 Å². The Balaban J connectivity index is 2.30. The first-order valence-electron chi connectivity index (χ1n) is 6.37. The Morgan fingerprint density at radius 2 is 1.50 bits per heavy atom. The van der Waals surface area contributed by atoms with E-state index in [-0.39, 0.29) is 17.1 Å². The lowest BCUT2D eigenvalue weighted by Crippen LogP contribution is -2.31. The van der Waals surface area contributed by atoms with E-state index in [4.69, 9.17) is 5.73 Å². The third-order valence-corrected chi connectivity index (χ3v) is 2.87. The number of halogens is 3. The summed E-state index contributed by atoms with van der Waals surface area (Å²) in [4.78, 5) is 22.6. The average molecular weight is 341 g/mol. The summed E-state index contributed by atoms with van der Waals surface area (Å²) in [6, 6.07) is 8.47. The van der Waals surface area contributed by atoms with Crippen LogP contribution in [0, 0.1) is 10.1 Å². The number of primary amides is 1. The van der Waals surface area contributed by atoms with E-state index in [0.717, 1.165) is 17.0 Å². The number of alkyl halides is 3. The van der Waals surface area contributed by atoms with Crippen LogP contribution in [0.2, 0.25) is 0 Å². The van der Waals surface area contributed by atoms with Gasteiger partial charge in [0, 0.05) is 12.1 Å². The molecule has 0 fully saturated rings. The van der Waals surface area contributed by atoms with Crippen molar-refractivity contribution in [3.05, 3.63) is 58.6 Å². The molecule has 2 rings (SSSR count). The number of nitrogens with zero attached hydrogens (tertiary/aromatic N) is 2. The van der Waals surface area contributed by atoms with Gasteiger partial charge >= 0.3 is 12.4 Å². The minimum atomic E-state index is -4.83. The molecule has 0 aliphatic carbocycles. The molecule has 2 N–H and O–H groups in total. The smallest absolute Gasteiger partial charge is 0.406 e. The number of rotatable bonds is 4. The lowest BCUT2D eigenvalue weighted by molar-refractivity contribution is -0.384. The van der Waals surface area contributed by atoms with Crippen molar-refractivity contribution in [2.45, 2.75) is 6.36 Å². The van der Waals surface area contributed by atoms with Gasteiger partial charge in [0.1, 0.15) is 5.75 Å². The number of hydrogen-bond acceptors (Lipinski definition) is 4. The van der Waals surface area contributed by atoms with Crippen molar-refractivity contribution in [1.29, 1.82) is 0 Å². The maximum absolute atomic E-state index is 12.1. The maximum Gasteiger partial charge on any atom is 0.573 e. The number of nitro benzene ring substituents is 1. The van der Waals surface area contributed by atoms with Gasteiger partial charge in [0.05, 0.1) is 16.3 Å². The second kappa shape index (κ2) is 6.44. The van der Waals surface area contributed by atoms with E-state index in [9.17, 15) is 28.1 Å². The van der Waals surface area contributed by atoms with Crippen LogP contribution in [0.5, 0.6) is 5.75 Å². The zero-order chi connectivity index (χ0) is 17.9. The van der Waals surface area contributed by atoms with Crippen LogP contribution in [0.1, 0.15) is 0 Å². The molecule has 2 aromatic carbocycles. The Morgan fingerprint density at radius 1 is 1.04 bits per heavy atom. The highest BCUT2D eigenvalue weighted by molar-refractivity contribution is 5.98. The molecule has 24 heavy (non-hydrogen) atoms. The van der Waals surface area contributed by atoms with Crippen molar-refractivity contribution in [2.24, 2.45) is 5.73 Å². The lowest BCUT2D eigenvalue weighted by Gasteiger charge is -2.21. The van der Waals surface area contributed by atoms with Gasteiger partial charge in [-0.2, -0.15) is 0 Å². The predicted molar refractivity (Wildman–Crippen MR) is 77.9 cm³/mol. The predicted octanol–water partition coefficient (Wildman–Crippen LogP) is 3.71. The number of hydrogen-bond donors (Lipinski definition) is 1. The van der Waals surface area contributed by atoms with Crippen LogP contribution >= 0.6 is 0 Å². The maximum atomic E-state index is 12.1. The quantitative estimate of drug-likeness (QED) is 0.677. The minimum absolute atomic E-state index is 0.172. The van der Waals surface area contributed by atoms with Crippen molar-refractivity contribution < 1.29 is 27.6 Å². The molecule has 0 saturated carbocycles. The molecule has 0 heterocycles. The highest BCUT2D eigenvalue weighted by Crippen LogP contribution is 2.30. The van der Waals surface area contributed by atoms with Crippen LogP contribution in [0.4, 0.5) is 35.0 Å². The molecule has 7 nitrogen and oxygen atoms in total. The summed E-state index contributed by atoms with van der Waals surface area (Å²) in [6.45, 7) is 0. The van der Waals surface area contributed by atoms with Crippen LogP contribution in [0.15, 0.2) is 48.5 Å². The van der Waals surface area contributed by atoms with Gasteiger partial charge in [-0.15, -0.1) is 13.2 Å². The van der Waals surface area contributed by atoms with E-state index in [1.54, 1.807) is 0 Å². The van der Waals surface area contributed by atoms with Crippen LogP contribution in [0.3, 0.4) is 0 Å². The molecule has 2 amide bonds. The van der Waals surface area contributed by atoms with Crippen molar-refractivity contribution >= 4 is 23.1 Å². The topological polar surface area (TPSA) is 98.7 Å². The summed E-state index contributed by atoms with van der Waals surface area (Å²) in [5.74, 6) is -0.459. The molecule has 126 valence electrons. The number of ether oxygens (including phenoxy) is 1. The number of carbonyl (C=O) groups is 1. The number of amides is 2. The van der Waals surface area contributed by atoms with Gasteiger partial charge in [0.15, 0.2) is 0 Å². The molecule has 0 atom stereocenters. The summed E-state index contributed by atoms with van der Waals surface area (Å²) < 4.78 is 40.1. The van der Waals surface area contributed by atoms with Crippen molar-refractivity contribution in [2.75, 3.05) is 4.90 Å². The lowest BCUT2D eigenvalue weighted by atomic mass is 10.2. The Bertz CT molecular complexity index is 745. The molecule has 0 bridgehead atoms. The average Bonchev–Trinajstić information content (AvgIpc) is 2.48. The molecule has 2 aromatic rings. The summed E-state index contributed by atoms with van der Waals surface area (Å²) in [5.41, 5.74) is 5.49. The van der Waals surface area contributed by atoms with Crippen LogP contribution < -0.4 is 15.4 Å². The normalized spacial score (nSPS) is 11.0. The van der Waals surface area contributed by atoms with Gasteiger partial charge in [0.2, 0.25) is 0 Å². The van der Waals surface area contributed by atoms with Gasteiger partial charge in [-0.05, 0) is 36.4 Å². The third-order valence-electron chi connectivity index (χ3n) is 2.87. The van der Waals surface area contributed by atoms with Gasteiger partial charge in [0.25, 0.3) is 5.69 Å². The van der Waals surface area contributed by atoms with Crippen LogP contribution in [-0.2, 0) is 0 Å². The molecule has 10 heteroatoms. The third kappa shape index (κ3) is 4.12. The van der Waals surface area contributed by atoms with Gasteiger partial charge in [-0.25, -0.2) is 4.79 Å². The van der Waals surface area contributed by atoms with Gasteiger partial charge in [-0.1, -0.05) is 0 Å². The first-order chi connectivity index (χ1) is 11.2. The van der Waals surface area contributed by atoms with Crippen molar-refractivity contribution in [3.63, 3.8) is 0 Å². The zero-order valence-electron chi connectivity index (χ0n) is 11.9. The Labute approximate surface area is 133 Å². The molecule has 0 aromatic heterocycles. The first kappa shape index (κ1) is 17.1. The van der Waals surface area contributed by atoms with Crippen molar-refractivity contribution in [3.8, 4) is 5.75 Å². The largest absolute Gasteiger partial charge is 0.573 e. The van der Waals surface area contributed by atoms with Crippen LogP contribution in [-0.4, -0.2) is 17.3 Å². The molecule has 0 saturated heterocycles. The number of anilines is 2. The Hall–Kier alpha value is -3.30. The molecular weight excluding hydrogens is 331 g/mol. The Kier molecular flexibility index (Phi) is 4.58. The fraction of sp³-hybridized carbons (Fsp3) is 0.0714. The zero-order valence-corrected chi connectivity index (χ0v) is 11.9. The van der Waals surface area contributed by atoms with E-state index in [1.807, 2.05) is 0 Å². The molecule has 0 radical (unpaired) electrons. The van der Waals surface area contributed by atoms with E-state index in [0.29, 0.717) is 0 Å². The highest BCUT2D eigenvalue weighted by atomic mass is 19.4. The minimum Gasteiger partial charge on any atom is -0.406 e. The van der Waals surface area contributed by atoms with Crippen LogP contribution in [0.25, 0.3) is 0 Å². The molecule has 0 unspecified atom stereocenters. The van der Waals surface area contributed by atoms with E-state index < -0.39 is 23.1 Å². The van der Waals surface area contributed by atoms with E-state index in [2.05, 4.69) is 4.74 Å². The second-order valence-electron chi connectivity index (χ2n) is 4.49. The summed E-state index contributed by atoms with van der Waals surface area (Å²) in [7, 11) is 0. The molecular formula is C14H10F3N3O4. The van der Waals surface area contributed by atoms with Gasteiger partial charge in [-0.3, -0.25) is 15.0 Å². The fourth-order valence-electron chi connectivity index (χ4n) is 1.92. The van der Waals surface area contributed by atoms with Gasteiger partial charge < -0.3 is 10.5 Å². The van der Waals surface area contributed by atoms with E-state index in [1.165, 1.54) is 36.4 Å². The molecule has 0 spiro atoms. The fourth-order valence-corrected chi connectivity index (χ4v) is 1.92. The number of urea groups is 1. The molecule has 0 aliphatic rings. The standard InChI is InChI=1S/C14H10F3N3O4/c15-14(16,17)24-12-7-5-10(6-8-12)19(13(18)21)9-1-3-11(4-2-9)20(22)23/h1-8H,(H2,18,21). The first-order valence-corrected chi connectivity index (χ1v) is 6.37. The highest BCUT2D eigenvalue weighted by Gasteiger charge is 2.31. The number of carbonyl (C=O) groups excluding carboxylic acids is 1.